The fraction of sp³-hybridized carbons (Fsp3) is 0.444. The molecule has 0 radical (unpaired) electrons. The Bertz CT molecular complexity index is 231. The average Bonchev–Trinajstić information content (AvgIpc) is 2.04. The monoisotopic (exact) mass is 150 g/mol. The molecule has 0 aliphatic carbocycles. The molecule has 0 spiro atoms. The molecule has 11 heavy (non-hydrogen) atoms. The maximum Gasteiger partial charge on any atom is 0.0318 e. The molecule has 0 fully saturated rings. The van der Waals surface area contributed by atoms with Crippen molar-refractivity contribution in [2.45, 2.75) is 26.3 Å². The van der Waals surface area contributed by atoms with Crippen LogP contribution < -0.4 is 5.73 Å². The van der Waals surface area contributed by atoms with Gasteiger partial charge in [-0.2, -0.15) is 0 Å². The molecule has 1 heterocycles. The fourth-order valence-electron chi connectivity index (χ4n) is 1.17. The van der Waals surface area contributed by atoms with Gasteiger partial charge in [-0.3, -0.25) is 4.98 Å². The first-order valence-corrected chi connectivity index (χ1v) is 3.94. The number of rotatable bonds is 2. The predicted octanol–water partition coefficient (Wildman–Crippen LogP) is 1.66. The Labute approximate surface area is 67.5 Å². The summed E-state index contributed by atoms with van der Waals surface area (Å²) >= 11 is 0. The highest BCUT2D eigenvalue weighted by Gasteiger charge is 2.03. The Hall–Kier alpha value is -0.890. The lowest BCUT2D eigenvalue weighted by Crippen LogP contribution is -2.08. The van der Waals surface area contributed by atoms with E-state index in [0.717, 1.165) is 12.0 Å². The van der Waals surface area contributed by atoms with E-state index in [-0.39, 0.29) is 6.04 Å². The number of hydrogen-bond donors (Lipinski definition) is 1. The first kappa shape index (κ1) is 8.21. The van der Waals surface area contributed by atoms with E-state index in [1.165, 1.54) is 5.56 Å². The number of nitrogens with zero attached hydrogens (tertiary/aromatic N) is 1. The maximum absolute atomic E-state index is 5.75. The van der Waals surface area contributed by atoms with Crippen molar-refractivity contribution < 1.29 is 0 Å². The number of nitrogens with two attached hydrogens (primary N) is 1. The Balaban J connectivity index is 3.02. The lowest BCUT2D eigenvalue weighted by Gasteiger charge is -2.09. The molecule has 0 bridgehead atoms. The van der Waals surface area contributed by atoms with Gasteiger partial charge in [-0.05, 0) is 30.5 Å². The summed E-state index contributed by atoms with van der Waals surface area (Å²) in [5, 5.41) is 0. The SMILES string of the molecule is CCc1ccncc1C(C)N. The summed E-state index contributed by atoms with van der Waals surface area (Å²) in [4.78, 5) is 4.03. The van der Waals surface area contributed by atoms with Crippen LogP contribution in [-0.2, 0) is 6.42 Å². The van der Waals surface area contributed by atoms with Crippen LogP contribution in [0.2, 0.25) is 0 Å². The summed E-state index contributed by atoms with van der Waals surface area (Å²) in [6.45, 7) is 4.11. The Kier molecular flexibility index (Phi) is 2.60. The van der Waals surface area contributed by atoms with Crippen LogP contribution in [0.1, 0.15) is 31.0 Å². The Morgan fingerprint density at radius 3 is 2.82 bits per heavy atom. The molecular formula is C9H14N2. The van der Waals surface area contributed by atoms with Gasteiger partial charge in [-0.15, -0.1) is 0 Å². The fourth-order valence-corrected chi connectivity index (χ4v) is 1.17. The van der Waals surface area contributed by atoms with Crippen molar-refractivity contribution in [2.24, 2.45) is 5.73 Å². The zero-order chi connectivity index (χ0) is 8.27. The van der Waals surface area contributed by atoms with Crippen LogP contribution in [-0.4, -0.2) is 4.98 Å². The normalized spacial score (nSPS) is 13.0. The van der Waals surface area contributed by atoms with Crippen molar-refractivity contribution in [1.82, 2.24) is 4.98 Å². The molecule has 1 aromatic rings. The van der Waals surface area contributed by atoms with Crippen molar-refractivity contribution >= 4 is 0 Å². The standard InChI is InChI=1S/C9H14N2/c1-3-8-4-5-11-6-9(8)7(2)10/h4-7H,3,10H2,1-2H3. The highest BCUT2D eigenvalue weighted by atomic mass is 14.7. The molecule has 1 atom stereocenters. The number of aryl methyl sites for hydroxylation is 1. The molecule has 2 heteroatoms. The van der Waals surface area contributed by atoms with Gasteiger partial charge in [0.15, 0.2) is 0 Å². The predicted molar refractivity (Wildman–Crippen MR) is 46.2 cm³/mol. The molecule has 0 saturated heterocycles. The van der Waals surface area contributed by atoms with Gasteiger partial charge >= 0.3 is 0 Å². The van der Waals surface area contributed by atoms with E-state index in [0.29, 0.717) is 0 Å². The molecule has 0 aliphatic rings. The summed E-state index contributed by atoms with van der Waals surface area (Å²) in [5.41, 5.74) is 8.21. The van der Waals surface area contributed by atoms with Gasteiger partial charge in [0, 0.05) is 18.4 Å². The highest BCUT2D eigenvalue weighted by Crippen LogP contribution is 2.13. The second kappa shape index (κ2) is 3.49. The Morgan fingerprint density at radius 2 is 2.36 bits per heavy atom. The molecule has 0 amide bonds. The lowest BCUT2D eigenvalue weighted by molar-refractivity contribution is 0.793. The van der Waals surface area contributed by atoms with E-state index in [1.807, 2.05) is 25.4 Å². The third kappa shape index (κ3) is 1.77. The topological polar surface area (TPSA) is 38.9 Å². The van der Waals surface area contributed by atoms with Crippen LogP contribution in [0, 0.1) is 0 Å². The van der Waals surface area contributed by atoms with Gasteiger partial charge in [0.25, 0.3) is 0 Å². The second-order valence-corrected chi connectivity index (χ2v) is 2.72. The largest absolute Gasteiger partial charge is 0.324 e. The van der Waals surface area contributed by atoms with E-state index >= 15 is 0 Å². The number of pyridine rings is 1. The van der Waals surface area contributed by atoms with Crippen molar-refractivity contribution in [3.63, 3.8) is 0 Å². The minimum Gasteiger partial charge on any atom is -0.324 e. The summed E-state index contributed by atoms with van der Waals surface area (Å²) in [5.74, 6) is 0. The molecule has 0 aromatic carbocycles. The first-order valence-electron chi connectivity index (χ1n) is 3.94. The molecule has 60 valence electrons. The molecule has 2 N–H and O–H groups in total. The van der Waals surface area contributed by atoms with E-state index in [2.05, 4.69) is 11.9 Å². The zero-order valence-electron chi connectivity index (χ0n) is 7.04. The van der Waals surface area contributed by atoms with E-state index in [4.69, 9.17) is 5.73 Å². The van der Waals surface area contributed by atoms with Gasteiger partial charge in [0.05, 0.1) is 0 Å². The minimum atomic E-state index is 0.0960. The highest BCUT2D eigenvalue weighted by molar-refractivity contribution is 5.25. The third-order valence-electron chi connectivity index (χ3n) is 1.82. The number of aromatic nitrogens is 1. The van der Waals surface area contributed by atoms with Crippen LogP contribution in [0.3, 0.4) is 0 Å². The van der Waals surface area contributed by atoms with E-state index in [9.17, 15) is 0 Å². The molecule has 1 unspecified atom stereocenters. The summed E-state index contributed by atoms with van der Waals surface area (Å²) in [7, 11) is 0. The van der Waals surface area contributed by atoms with Crippen molar-refractivity contribution in [2.75, 3.05) is 0 Å². The zero-order valence-corrected chi connectivity index (χ0v) is 7.04. The minimum absolute atomic E-state index is 0.0960. The van der Waals surface area contributed by atoms with E-state index in [1.54, 1.807) is 0 Å². The molecular weight excluding hydrogens is 136 g/mol. The van der Waals surface area contributed by atoms with Gasteiger partial charge in [0.2, 0.25) is 0 Å². The molecule has 1 aromatic heterocycles. The molecule has 0 saturated carbocycles. The first-order chi connectivity index (χ1) is 5.25. The summed E-state index contributed by atoms with van der Waals surface area (Å²) < 4.78 is 0. The van der Waals surface area contributed by atoms with Crippen molar-refractivity contribution in [3.8, 4) is 0 Å². The molecule has 0 aliphatic heterocycles. The van der Waals surface area contributed by atoms with E-state index < -0.39 is 0 Å². The molecule has 2 nitrogen and oxygen atoms in total. The van der Waals surface area contributed by atoms with Crippen molar-refractivity contribution in [1.29, 1.82) is 0 Å². The van der Waals surface area contributed by atoms with Crippen LogP contribution >= 0.6 is 0 Å². The smallest absolute Gasteiger partial charge is 0.0318 e. The van der Waals surface area contributed by atoms with Crippen LogP contribution in [0.5, 0.6) is 0 Å². The summed E-state index contributed by atoms with van der Waals surface area (Å²) in [6.07, 6.45) is 4.69. The van der Waals surface area contributed by atoms with Gasteiger partial charge in [-0.1, -0.05) is 6.92 Å². The lowest BCUT2D eigenvalue weighted by atomic mass is 10.0. The Morgan fingerprint density at radius 1 is 1.64 bits per heavy atom. The summed E-state index contributed by atoms with van der Waals surface area (Å²) in [6, 6.07) is 2.12. The average molecular weight is 150 g/mol. The molecule has 1 rings (SSSR count). The second-order valence-electron chi connectivity index (χ2n) is 2.72. The maximum atomic E-state index is 5.75. The van der Waals surface area contributed by atoms with Gasteiger partial charge in [-0.25, -0.2) is 0 Å². The van der Waals surface area contributed by atoms with Crippen molar-refractivity contribution in [3.05, 3.63) is 29.6 Å². The van der Waals surface area contributed by atoms with Crippen LogP contribution in [0.25, 0.3) is 0 Å². The van der Waals surface area contributed by atoms with Crippen LogP contribution in [0.4, 0.5) is 0 Å². The number of hydrogen-bond acceptors (Lipinski definition) is 2. The quantitative estimate of drug-likeness (QED) is 0.696. The van der Waals surface area contributed by atoms with Gasteiger partial charge in [0.1, 0.15) is 0 Å². The van der Waals surface area contributed by atoms with Crippen LogP contribution in [0.15, 0.2) is 18.5 Å². The van der Waals surface area contributed by atoms with Gasteiger partial charge < -0.3 is 5.73 Å². The third-order valence-corrected chi connectivity index (χ3v) is 1.82.